The molecular weight excluding hydrogens is 453 g/mol. The van der Waals surface area contributed by atoms with Crippen LogP contribution in [0.4, 0.5) is 15.0 Å². The lowest BCUT2D eigenvalue weighted by molar-refractivity contribution is 0.0833. The van der Waals surface area contributed by atoms with Gasteiger partial charge in [-0.05, 0) is 86.1 Å². The highest BCUT2D eigenvalue weighted by Crippen LogP contribution is 2.51. The van der Waals surface area contributed by atoms with Crippen molar-refractivity contribution < 1.29 is 17.6 Å². The zero-order chi connectivity index (χ0) is 24.1. The third-order valence-electron chi connectivity index (χ3n) is 8.30. The number of halogens is 1. The second-order valence-corrected chi connectivity index (χ2v) is 12.4. The molecule has 6 nitrogen and oxygen atoms in total. The molecule has 0 N–H and O–H groups in total. The van der Waals surface area contributed by atoms with Crippen molar-refractivity contribution in [3.8, 4) is 0 Å². The first kappa shape index (κ1) is 23.3. The van der Waals surface area contributed by atoms with E-state index in [4.69, 9.17) is 0 Å². The van der Waals surface area contributed by atoms with Gasteiger partial charge in [0.1, 0.15) is 11.6 Å². The zero-order valence-electron chi connectivity index (χ0n) is 19.8. The Balaban J connectivity index is 1.43. The molecule has 2 saturated carbocycles. The molecule has 5 rings (SSSR count). The lowest BCUT2D eigenvalue weighted by Crippen LogP contribution is -2.52. The Morgan fingerprint density at radius 3 is 2.41 bits per heavy atom. The quantitative estimate of drug-likeness (QED) is 0.581. The van der Waals surface area contributed by atoms with Gasteiger partial charge in [-0.2, -0.15) is 0 Å². The largest absolute Gasteiger partial charge is 0.326 e. The minimum absolute atomic E-state index is 0.0405. The number of pyridine rings is 1. The maximum atomic E-state index is 14.0. The van der Waals surface area contributed by atoms with E-state index in [9.17, 15) is 17.6 Å². The van der Waals surface area contributed by atoms with Crippen LogP contribution in [-0.2, 0) is 15.3 Å². The van der Waals surface area contributed by atoms with E-state index in [0.717, 1.165) is 63.3 Å². The number of benzene rings is 1. The SMILES string of the molecule is CCC1(c2cccc(F)c2)CCC2(CC1)CN(c1ccc(S(C)(=O)=O)cn1)C(=O)N2CC1CC1. The van der Waals surface area contributed by atoms with Crippen LogP contribution in [0.5, 0.6) is 0 Å². The van der Waals surface area contributed by atoms with Crippen molar-refractivity contribution in [2.24, 2.45) is 5.92 Å². The fourth-order valence-electron chi connectivity index (χ4n) is 5.84. The van der Waals surface area contributed by atoms with Gasteiger partial charge in [0, 0.05) is 19.0 Å². The summed E-state index contributed by atoms with van der Waals surface area (Å²) in [6.07, 6.45) is 9.24. The summed E-state index contributed by atoms with van der Waals surface area (Å²) in [5.74, 6) is 0.849. The molecule has 34 heavy (non-hydrogen) atoms. The summed E-state index contributed by atoms with van der Waals surface area (Å²) in [6.45, 7) is 3.48. The molecule has 2 amide bonds. The van der Waals surface area contributed by atoms with Crippen molar-refractivity contribution in [2.45, 2.75) is 67.7 Å². The number of sulfone groups is 1. The maximum Gasteiger partial charge on any atom is 0.326 e. The number of anilines is 1. The van der Waals surface area contributed by atoms with Gasteiger partial charge in [0.15, 0.2) is 9.84 Å². The second-order valence-electron chi connectivity index (χ2n) is 10.4. The van der Waals surface area contributed by atoms with Crippen LogP contribution in [0, 0.1) is 11.7 Å². The predicted molar refractivity (Wildman–Crippen MR) is 129 cm³/mol. The van der Waals surface area contributed by atoms with Crippen LogP contribution < -0.4 is 4.90 Å². The first-order valence-electron chi connectivity index (χ1n) is 12.2. The highest BCUT2D eigenvalue weighted by molar-refractivity contribution is 7.90. The number of carbonyl (C=O) groups excluding carboxylic acids is 1. The number of nitrogens with zero attached hydrogens (tertiary/aromatic N) is 3. The van der Waals surface area contributed by atoms with Crippen LogP contribution >= 0.6 is 0 Å². The van der Waals surface area contributed by atoms with Crippen LogP contribution in [0.3, 0.4) is 0 Å². The van der Waals surface area contributed by atoms with Crippen LogP contribution in [-0.4, -0.2) is 49.2 Å². The summed E-state index contributed by atoms with van der Waals surface area (Å²) < 4.78 is 37.7. The van der Waals surface area contributed by atoms with Gasteiger partial charge >= 0.3 is 6.03 Å². The number of carbonyl (C=O) groups is 1. The normalized spacial score (nSPS) is 27.6. The molecule has 2 aliphatic carbocycles. The first-order chi connectivity index (χ1) is 16.2. The van der Waals surface area contributed by atoms with Crippen LogP contribution in [0.2, 0.25) is 0 Å². The summed E-state index contributed by atoms with van der Waals surface area (Å²) in [5.41, 5.74) is 0.700. The Labute approximate surface area is 201 Å². The topological polar surface area (TPSA) is 70.6 Å². The summed E-state index contributed by atoms with van der Waals surface area (Å²) in [5, 5.41) is 0. The maximum absolute atomic E-state index is 14.0. The Bertz CT molecular complexity index is 1190. The van der Waals surface area contributed by atoms with Gasteiger partial charge < -0.3 is 4.90 Å². The fraction of sp³-hybridized carbons (Fsp3) is 0.538. The van der Waals surface area contributed by atoms with Crippen molar-refractivity contribution in [1.82, 2.24) is 9.88 Å². The molecule has 2 aromatic rings. The fourth-order valence-corrected chi connectivity index (χ4v) is 6.40. The van der Waals surface area contributed by atoms with E-state index in [1.54, 1.807) is 23.1 Å². The lowest BCUT2D eigenvalue weighted by atomic mass is 9.62. The van der Waals surface area contributed by atoms with Gasteiger partial charge in [0.25, 0.3) is 0 Å². The van der Waals surface area contributed by atoms with Crippen molar-refractivity contribution >= 4 is 21.7 Å². The molecule has 1 aliphatic heterocycles. The number of hydrogen-bond acceptors (Lipinski definition) is 4. The molecule has 1 aromatic carbocycles. The van der Waals surface area contributed by atoms with Gasteiger partial charge in [0.2, 0.25) is 0 Å². The summed E-state index contributed by atoms with van der Waals surface area (Å²) in [6, 6.07) is 10.1. The van der Waals surface area contributed by atoms with E-state index in [1.807, 2.05) is 6.07 Å². The van der Waals surface area contributed by atoms with Crippen LogP contribution in [0.15, 0.2) is 47.5 Å². The van der Waals surface area contributed by atoms with E-state index in [-0.39, 0.29) is 27.7 Å². The van der Waals surface area contributed by atoms with E-state index in [1.165, 1.54) is 18.3 Å². The summed E-state index contributed by atoms with van der Waals surface area (Å²) >= 11 is 0. The van der Waals surface area contributed by atoms with Crippen molar-refractivity contribution in [3.63, 3.8) is 0 Å². The number of aromatic nitrogens is 1. The predicted octanol–water partition coefficient (Wildman–Crippen LogP) is 4.94. The summed E-state index contributed by atoms with van der Waals surface area (Å²) in [4.78, 5) is 21.9. The van der Waals surface area contributed by atoms with Crippen molar-refractivity contribution in [2.75, 3.05) is 24.2 Å². The van der Waals surface area contributed by atoms with Gasteiger partial charge in [-0.25, -0.2) is 22.6 Å². The molecule has 2 heterocycles. The number of rotatable bonds is 6. The van der Waals surface area contributed by atoms with Gasteiger partial charge in [-0.3, -0.25) is 4.90 Å². The van der Waals surface area contributed by atoms with Crippen molar-refractivity contribution in [3.05, 3.63) is 54.0 Å². The molecule has 1 saturated heterocycles. The average molecular weight is 486 g/mol. The molecule has 1 spiro atoms. The molecule has 3 aliphatic rings. The third-order valence-corrected chi connectivity index (χ3v) is 9.40. The number of urea groups is 1. The number of hydrogen-bond donors (Lipinski definition) is 0. The second kappa shape index (κ2) is 8.33. The number of amides is 2. The molecule has 1 aromatic heterocycles. The molecule has 0 bridgehead atoms. The molecule has 3 fully saturated rings. The Morgan fingerprint density at radius 2 is 1.85 bits per heavy atom. The Hall–Kier alpha value is -2.48. The molecule has 182 valence electrons. The third kappa shape index (κ3) is 4.10. The average Bonchev–Trinajstić information content (AvgIpc) is 3.61. The summed E-state index contributed by atoms with van der Waals surface area (Å²) in [7, 11) is -3.35. The van der Waals surface area contributed by atoms with Crippen molar-refractivity contribution in [1.29, 1.82) is 0 Å². The van der Waals surface area contributed by atoms with Gasteiger partial charge in [0.05, 0.1) is 17.0 Å². The highest BCUT2D eigenvalue weighted by Gasteiger charge is 2.55. The lowest BCUT2D eigenvalue weighted by Gasteiger charge is -2.48. The zero-order valence-corrected chi connectivity index (χ0v) is 20.7. The van der Waals surface area contributed by atoms with E-state index >= 15 is 0 Å². The molecule has 0 radical (unpaired) electrons. The minimum atomic E-state index is -3.35. The standard InChI is InChI=1S/C26H32FN3O3S/c1-3-25(20-5-4-6-21(27)15-20)11-13-26(14-12-25)18-29(24(31)30(26)17-19-7-8-19)23-10-9-22(16-28-23)34(2,32)33/h4-6,9-10,15-16,19H,3,7-8,11-14,17-18H2,1-2H3. The van der Waals surface area contributed by atoms with Crippen LogP contribution in [0.1, 0.15) is 57.4 Å². The van der Waals surface area contributed by atoms with E-state index in [2.05, 4.69) is 16.8 Å². The van der Waals surface area contributed by atoms with E-state index < -0.39 is 9.84 Å². The molecule has 8 heteroatoms. The van der Waals surface area contributed by atoms with Gasteiger partial charge in [-0.15, -0.1) is 0 Å². The monoisotopic (exact) mass is 485 g/mol. The highest BCUT2D eigenvalue weighted by atomic mass is 32.2. The Morgan fingerprint density at radius 1 is 1.12 bits per heavy atom. The molecule has 0 unspecified atom stereocenters. The molecular formula is C26H32FN3O3S. The smallest absolute Gasteiger partial charge is 0.317 e. The Kier molecular flexibility index (Phi) is 5.70. The van der Waals surface area contributed by atoms with E-state index in [0.29, 0.717) is 18.3 Å². The van der Waals surface area contributed by atoms with Crippen LogP contribution in [0.25, 0.3) is 0 Å². The minimum Gasteiger partial charge on any atom is -0.317 e. The molecule has 0 atom stereocenters. The first-order valence-corrected chi connectivity index (χ1v) is 14.1. The van der Waals surface area contributed by atoms with Gasteiger partial charge in [-0.1, -0.05) is 19.1 Å².